The number of nitrogens with one attached hydrogen (secondary N) is 1. The quantitative estimate of drug-likeness (QED) is 0.382. The number of imide groups is 1. The Balaban J connectivity index is 2.34. The Labute approximate surface area is 146 Å². The highest BCUT2D eigenvalue weighted by Crippen LogP contribution is 2.11. The van der Waals surface area contributed by atoms with Crippen LogP contribution in [0.25, 0.3) is 0 Å². The van der Waals surface area contributed by atoms with Gasteiger partial charge < -0.3 is 10.5 Å². The van der Waals surface area contributed by atoms with Gasteiger partial charge in [-0.3, -0.25) is 19.7 Å². The lowest BCUT2D eigenvalue weighted by Gasteiger charge is -2.05. The Morgan fingerprint density at radius 2 is 1.72 bits per heavy atom. The number of hydrogen-bond acceptors (Lipinski definition) is 5. The average Bonchev–Trinajstić information content (AvgIpc) is 2.58. The van der Waals surface area contributed by atoms with Crippen molar-refractivity contribution in [3.63, 3.8) is 0 Å². The van der Waals surface area contributed by atoms with Crippen molar-refractivity contribution in [2.24, 2.45) is 5.73 Å². The Morgan fingerprint density at radius 3 is 2.32 bits per heavy atom. The maximum absolute atomic E-state index is 12.1. The summed E-state index contributed by atoms with van der Waals surface area (Å²) in [6.07, 6.45) is 4.31. The van der Waals surface area contributed by atoms with Crippen molar-refractivity contribution in [2.75, 3.05) is 6.61 Å². The monoisotopic (exact) mass is 348 g/mol. The molecule has 0 bridgehead atoms. The van der Waals surface area contributed by atoms with Gasteiger partial charge in [0, 0.05) is 12.0 Å². The van der Waals surface area contributed by atoms with Gasteiger partial charge in [-0.2, -0.15) is 0 Å². The predicted molar refractivity (Wildman–Crippen MR) is 91.9 cm³/mol. The van der Waals surface area contributed by atoms with Crippen molar-refractivity contribution in [1.29, 1.82) is 0 Å². The van der Waals surface area contributed by atoms with Gasteiger partial charge in [-0.1, -0.05) is 44.0 Å². The summed E-state index contributed by atoms with van der Waals surface area (Å²) in [5.41, 5.74) is 6.48. The second kappa shape index (κ2) is 11.0. The number of amides is 3. The molecule has 25 heavy (non-hydrogen) atoms. The van der Waals surface area contributed by atoms with Gasteiger partial charge in [0.1, 0.15) is 0 Å². The number of rotatable bonds is 10. The molecule has 0 saturated carbocycles. The third-order valence-corrected chi connectivity index (χ3v) is 3.53. The van der Waals surface area contributed by atoms with Crippen molar-refractivity contribution in [3.05, 3.63) is 35.4 Å². The molecular weight excluding hydrogens is 324 g/mol. The molecule has 1 rings (SSSR count). The Hall–Kier alpha value is -2.70. The molecular formula is C18H24N2O5. The highest BCUT2D eigenvalue weighted by Gasteiger charge is 2.12. The molecule has 0 fully saturated rings. The van der Waals surface area contributed by atoms with Gasteiger partial charge >= 0.3 is 12.0 Å². The lowest BCUT2D eigenvalue weighted by Crippen LogP contribution is -2.37. The molecule has 3 N–H and O–H groups in total. The molecule has 136 valence electrons. The number of ketones is 1. The van der Waals surface area contributed by atoms with E-state index in [1.807, 2.05) is 12.1 Å². The molecule has 0 heterocycles. The Morgan fingerprint density at radius 1 is 1.04 bits per heavy atom. The van der Waals surface area contributed by atoms with Gasteiger partial charge in [-0.15, -0.1) is 0 Å². The minimum Gasteiger partial charge on any atom is -0.456 e. The standard InChI is InChI=1S/C18H24N2O5/c1-2-3-4-5-13-6-8-14(9-7-13)15(21)10-11-17(23)25-12-16(22)20-18(19)24/h6-9H,2-5,10-12H2,1H3,(H3,19,20,22,24). The SMILES string of the molecule is CCCCCc1ccc(C(=O)CCC(=O)OCC(=O)NC(N)=O)cc1. The molecule has 0 aliphatic heterocycles. The lowest BCUT2D eigenvalue weighted by molar-refractivity contribution is -0.148. The second-order valence-corrected chi connectivity index (χ2v) is 5.65. The first-order chi connectivity index (χ1) is 11.9. The fourth-order valence-electron chi connectivity index (χ4n) is 2.19. The highest BCUT2D eigenvalue weighted by molar-refractivity contribution is 5.98. The van der Waals surface area contributed by atoms with Crippen LogP contribution in [0.4, 0.5) is 4.79 Å². The van der Waals surface area contributed by atoms with Gasteiger partial charge in [-0.05, 0) is 18.4 Å². The van der Waals surface area contributed by atoms with Gasteiger partial charge in [-0.25, -0.2) is 4.79 Å². The summed E-state index contributed by atoms with van der Waals surface area (Å²) in [6, 6.07) is 6.35. The first kappa shape index (κ1) is 20.3. The van der Waals surface area contributed by atoms with Crippen LogP contribution < -0.4 is 11.1 Å². The molecule has 3 amide bonds. The molecule has 0 saturated heterocycles. The van der Waals surface area contributed by atoms with E-state index in [1.54, 1.807) is 17.4 Å². The first-order valence-electron chi connectivity index (χ1n) is 8.29. The molecule has 1 aromatic rings. The van der Waals surface area contributed by atoms with Crippen LogP contribution in [0.3, 0.4) is 0 Å². The maximum atomic E-state index is 12.1. The summed E-state index contributed by atoms with van der Waals surface area (Å²) in [7, 11) is 0. The number of ether oxygens (including phenoxy) is 1. The number of carbonyl (C=O) groups excluding carboxylic acids is 4. The molecule has 0 aromatic heterocycles. The van der Waals surface area contributed by atoms with E-state index in [0.29, 0.717) is 5.56 Å². The van der Waals surface area contributed by atoms with Crippen molar-refractivity contribution in [1.82, 2.24) is 5.32 Å². The summed E-state index contributed by atoms with van der Waals surface area (Å²) in [5, 5.41) is 1.77. The molecule has 0 atom stereocenters. The molecule has 0 radical (unpaired) electrons. The maximum Gasteiger partial charge on any atom is 0.318 e. The van der Waals surface area contributed by atoms with Crippen LogP contribution in [0.2, 0.25) is 0 Å². The highest BCUT2D eigenvalue weighted by atomic mass is 16.5. The third kappa shape index (κ3) is 8.64. The molecule has 0 unspecified atom stereocenters. The van der Waals surface area contributed by atoms with Crippen LogP contribution >= 0.6 is 0 Å². The molecule has 0 spiro atoms. The molecule has 7 nitrogen and oxygen atoms in total. The number of esters is 1. The predicted octanol–water partition coefficient (Wildman–Crippen LogP) is 2.12. The van der Waals surface area contributed by atoms with Crippen LogP contribution in [0.5, 0.6) is 0 Å². The van der Waals surface area contributed by atoms with E-state index in [2.05, 4.69) is 11.7 Å². The number of aryl methyl sites for hydroxylation is 1. The topological polar surface area (TPSA) is 116 Å². The van der Waals surface area contributed by atoms with Crippen molar-refractivity contribution in [2.45, 2.75) is 45.4 Å². The number of unbranched alkanes of at least 4 members (excludes halogenated alkanes) is 2. The van der Waals surface area contributed by atoms with E-state index in [0.717, 1.165) is 19.3 Å². The average molecular weight is 348 g/mol. The number of urea groups is 1. The molecule has 0 aliphatic rings. The van der Waals surface area contributed by atoms with E-state index in [1.165, 1.54) is 12.0 Å². The largest absolute Gasteiger partial charge is 0.456 e. The normalized spacial score (nSPS) is 10.1. The fraction of sp³-hybridized carbons (Fsp3) is 0.444. The summed E-state index contributed by atoms with van der Waals surface area (Å²) in [6.45, 7) is 1.54. The molecule has 0 aliphatic carbocycles. The van der Waals surface area contributed by atoms with E-state index < -0.39 is 24.5 Å². The van der Waals surface area contributed by atoms with Crippen LogP contribution in [-0.2, 0) is 20.7 Å². The number of hydrogen-bond donors (Lipinski definition) is 2. The number of primary amides is 1. The Bertz CT molecular complexity index is 610. The van der Waals surface area contributed by atoms with Crippen LogP contribution in [0.1, 0.15) is 54.9 Å². The zero-order valence-electron chi connectivity index (χ0n) is 14.4. The van der Waals surface area contributed by atoms with Crippen molar-refractivity contribution < 1.29 is 23.9 Å². The number of nitrogens with two attached hydrogens (primary N) is 1. The number of carbonyl (C=O) groups is 4. The van der Waals surface area contributed by atoms with Gasteiger partial charge in [0.05, 0.1) is 6.42 Å². The summed E-state index contributed by atoms with van der Waals surface area (Å²) >= 11 is 0. The van der Waals surface area contributed by atoms with Crippen LogP contribution in [-0.4, -0.2) is 30.3 Å². The molecule has 7 heteroatoms. The second-order valence-electron chi connectivity index (χ2n) is 5.65. The minimum absolute atomic E-state index is 0.00848. The molecule has 1 aromatic carbocycles. The van der Waals surface area contributed by atoms with E-state index in [9.17, 15) is 19.2 Å². The van der Waals surface area contributed by atoms with E-state index in [4.69, 9.17) is 5.73 Å². The summed E-state index contributed by atoms with van der Waals surface area (Å²) in [5.74, 6) is -1.67. The lowest BCUT2D eigenvalue weighted by atomic mass is 10.0. The number of benzene rings is 1. The van der Waals surface area contributed by atoms with Gasteiger partial charge in [0.15, 0.2) is 12.4 Å². The Kier molecular flexibility index (Phi) is 8.92. The zero-order chi connectivity index (χ0) is 18.7. The fourth-order valence-corrected chi connectivity index (χ4v) is 2.19. The third-order valence-electron chi connectivity index (χ3n) is 3.53. The first-order valence-corrected chi connectivity index (χ1v) is 8.29. The van der Waals surface area contributed by atoms with Gasteiger partial charge in [0.2, 0.25) is 0 Å². The van der Waals surface area contributed by atoms with E-state index in [-0.39, 0.29) is 18.6 Å². The smallest absolute Gasteiger partial charge is 0.318 e. The van der Waals surface area contributed by atoms with Crippen molar-refractivity contribution in [3.8, 4) is 0 Å². The minimum atomic E-state index is -1.02. The van der Waals surface area contributed by atoms with Crippen LogP contribution in [0, 0.1) is 0 Å². The van der Waals surface area contributed by atoms with Gasteiger partial charge in [0.25, 0.3) is 5.91 Å². The van der Waals surface area contributed by atoms with Crippen molar-refractivity contribution >= 4 is 23.7 Å². The van der Waals surface area contributed by atoms with Crippen LogP contribution in [0.15, 0.2) is 24.3 Å². The summed E-state index contributed by atoms with van der Waals surface area (Å²) in [4.78, 5) is 45.1. The summed E-state index contributed by atoms with van der Waals surface area (Å²) < 4.78 is 4.65. The van der Waals surface area contributed by atoms with E-state index >= 15 is 0 Å². The number of Topliss-reactive ketones (excluding diaryl/α,β-unsaturated/α-hetero) is 1. The zero-order valence-corrected chi connectivity index (χ0v) is 14.4.